The van der Waals surface area contributed by atoms with E-state index in [1.807, 2.05) is 4.90 Å². The van der Waals surface area contributed by atoms with E-state index in [4.69, 9.17) is 0 Å². The third-order valence-electron chi connectivity index (χ3n) is 2.94. The van der Waals surface area contributed by atoms with Crippen LogP contribution in [0.4, 0.5) is 18.9 Å². The Bertz CT molecular complexity index is 403. The maximum absolute atomic E-state index is 12.0. The van der Waals surface area contributed by atoms with Crippen LogP contribution in [-0.2, 0) is 6.42 Å². The van der Waals surface area contributed by atoms with Gasteiger partial charge in [-0.1, -0.05) is 0 Å². The van der Waals surface area contributed by atoms with Crippen LogP contribution < -0.4 is 4.90 Å². The number of anilines is 1. The number of fused-ring (bicyclic) bond motifs is 1. The highest BCUT2D eigenvalue weighted by Crippen LogP contribution is 2.31. The molecule has 1 heterocycles. The number of nitrogens with zero attached hydrogens (tertiary/aromatic N) is 1. The van der Waals surface area contributed by atoms with Crippen LogP contribution in [0, 0.1) is 0 Å². The lowest BCUT2D eigenvalue weighted by molar-refractivity contribution is -0.135. The molecule has 0 radical (unpaired) electrons. The van der Waals surface area contributed by atoms with Crippen molar-refractivity contribution < 1.29 is 18.3 Å². The molecule has 0 amide bonds. The Kier molecular flexibility index (Phi) is 3.17. The van der Waals surface area contributed by atoms with Crippen LogP contribution in [0.1, 0.15) is 18.4 Å². The van der Waals surface area contributed by atoms with Crippen LogP contribution >= 0.6 is 0 Å². The second-order valence-electron chi connectivity index (χ2n) is 4.27. The highest BCUT2D eigenvalue weighted by atomic mass is 19.4. The van der Waals surface area contributed by atoms with Gasteiger partial charge in [-0.05, 0) is 36.6 Å². The SMILES string of the molecule is Oc1ccc2c(c1)CCN2CCCC(F)(F)F. The van der Waals surface area contributed by atoms with E-state index in [2.05, 4.69) is 0 Å². The third-order valence-corrected chi connectivity index (χ3v) is 2.94. The molecule has 0 fully saturated rings. The predicted molar refractivity (Wildman–Crippen MR) is 59.3 cm³/mol. The van der Waals surface area contributed by atoms with E-state index in [-0.39, 0.29) is 12.2 Å². The zero-order valence-corrected chi connectivity index (χ0v) is 9.30. The third kappa shape index (κ3) is 3.05. The molecule has 1 aliphatic rings. The summed E-state index contributed by atoms with van der Waals surface area (Å²) in [7, 11) is 0. The van der Waals surface area contributed by atoms with Crippen LogP contribution in [0.25, 0.3) is 0 Å². The highest BCUT2D eigenvalue weighted by molar-refractivity contribution is 5.59. The zero-order chi connectivity index (χ0) is 12.5. The van der Waals surface area contributed by atoms with E-state index in [1.165, 1.54) is 0 Å². The first kappa shape index (κ1) is 12.1. The molecular weight excluding hydrogens is 231 g/mol. The summed E-state index contributed by atoms with van der Waals surface area (Å²) in [5.41, 5.74) is 1.96. The fourth-order valence-electron chi connectivity index (χ4n) is 2.16. The second kappa shape index (κ2) is 4.47. The summed E-state index contributed by atoms with van der Waals surface area (Å²) in [6, 6.07) is 5.02. The van der Waals surface area contributed by atoms with Gasteiger partial charge >= 0.3 is 6.18 Å². The van der Waals surface area contributed by atoms with Gasteiger partial charge < -0.3 is 10.0 Å². The normalized spacial score (nSPS) is 15.1. The molecule has 1 aliphatic heterocycles. The molecule has 94 valence electrons. The fourth-order valence-corrected chi connectivity index (χ4v) is 2.16. The zero-order valence-electron chi connectivity index (χ0n) is 9.30. The van der Waals surface area contributed by atoms with E-state index in [0.29, 0.717) is 6.54 Å². The molecule has 1 aromatic carbocycles. The molecule has 2 rings (SSSR count). The minimum atomic E-state index is -4.07. The molecule has 0 aliphatic carbocycles. The quantitative estimate of drug-likeness (QED) is 0.884. The van der Waals surface area contributed by atoms with E-state index < -0.39 is 12.6 Å². The number of halogens is 3. The summed E-state index contributed by atoms with van der Waals surface area (Å²) in [4.78, 5) is 1.94. The average Bonchev–Trinajstić information content (AvgIpc) is 2.59. The number of hydrogen-bond donors (Lipinski definition) is 1. The van der Waals surface area contributed by atoms with Gasteiger partial charge in [-0.25, -0.2) is 0 Å². The Balaban J connectivity index is 1.94. The molecule has 5 heteroatoms. The van der Waals surface area contributed by atoms with Gasteiger partial charge in [0, 0.05) is 25.2 Å². The van der Waals surface area contributed by atoms with E-state index in [0.717, 1.165) is 24.2 Å². The molecule has 2 nitrogen and oxygen atoms in total. The Labute approximate surface area is 97.7 Å². The van der Waals surface area contributed by atoms with Crippen molar-refractivity contribution in [1.82, 2.24) is 0 Å². The van der Waals surface area contributed by atoms with Gasteiger partial charge in [-0.15, -0.1) is 0 Å². The molecule has 0 unspecified atom stereocenters. The fraction of sp³-hybridized carbons (Fsp3) is 0.500. The van der Waals surface area contributed by atoms with Gasteiger partial charge in [0.15, 0.2) is 0 Å². The standard InChI is InChI=1S/C12H14F3NO/c13-12(14,15)5-1-6-16-7-4-9-8-10(17)2-3-11(9)16/h2-3,8,17H,1,4-7H2. The Morgan fingerprint density at radius 1 is 1.29 bits per heavy atom. The van der Waals surface area contributed by atoms with Gasteiger partial charge in [0.25, 0.3) is 0 Å². The number of rotatable bonds is 3. The lowest BCUT2D eigenvalue weighted by Gasteiger charge is -2.19. The van der Waals surface area contributed by atoms with Gasteiger partial charge in [0.1, 0.15) is 5.75 Å². The first-order valence-electron chi connectivity index (χ1n) is 5.59. The lowest BCUT2D eigenvalue weighted by Crippen LogP contribution is -2.23. The first-order chi connectivity index (χ1) is 7.96. The van der Waals surface area contributed by atoms with Crippen molar-refractivity contribution in [2.24, 2.45) is 0 Å². The molecule has 0 spiro atoms. The average molecular weight is 245 g/mol. The molecule has 0 saturated heterocycles. The molecule has 0 saturated carbocycles. The Morgan fingerprint density at radius 3 is 2.76 bits per heavy atom. The second-order valence-corrected chi connectivity index (χ2v) is 4.27. The first-order valence-corrected chi connectivity index (χ1v) is 5.59. The van der Waals surface area contributed by atoms with Crippen LogP contribution in [0.5, 0.6) is 5.75 Å². The molecule has 17 heavy (non-hydrogen) atoms. The Morgan fingerprint density at radius 2 is 2.06 bits per heavy atom. The van der Waals surface area contributed by atoms with Crippen LogP contribution in [0.15, 0.2) is 18.2 Å². The van der Waals surface area contributed by atoms with Crippen LogP contribution in [0.2, 0.25) is 0 Å². The van der Waals surface area contributed by atoms with Gasteiger partial charge in [0.05, 0.1) is 0 Å². The number of phenolic OH excluding ortho intramolecular Hbond substituents is 1. The number of hydrogen-bond acceptors (Lipinski definition) is 2. The summed E-state index contributed by atoms with van der Waals surface area (Å²) in [6.45, 7) is 1.15. The topological polar surface area (TPSA) is 23.5 Å². The molecular formula is C12H14F3NO. The summed E-state index contributed by atoms with van der Waals surface area (Å²) < 4.78 is 36.1. The largest absolute Gasteiger partial charge is 0.508 e. The van der Waals surface area contributed by atoms with Crippen molar-refractivity contribution in [2.75, 3.05) is 18.0 Å². The van der Waals surface area contributed by atoms with Crippen molar-refractivity contribution in [3.8, 4) is 5.75 Å². The van der Waals surface area contributed by atoms with E-state index in [9.17, 15) is 18.3 Å². The van der Waals surface area contributed by atoms with Crippen LogP contribution in [-0.4, -0.2) is 24.4 Å². The van der Waals surface area contributed by atoms with Crippen molar-refractivity contribution in [3.05, 3.63) is 23.8 Å². The maximum Gasteiger partial charge on any atom is 0.389 e. The predicted octanol–water partition coefficient (Wildman–Crippen LogP) is 3.10. The maximum atomic E-state index is 12.0. The van der Waals surface area contributed by atoms with Crippen molar-refractivity contribution in [3.63, 3.8) is 0 Å². The number of phenols is 1. The molecule has 1 N–H and O–H groups in total. The van der Waals surface area contributed by atoms with Crippen molar-refractivity contribution in [2.45, 2.75) is 25.4 Å². The Hall–Kier alpha value is -1.39. The molecule has 0 atom stereocenters. The summed E-state index contributed by atoms with van der Waals surface area (Å²) in [5, 5.41) is 9.30. The van der Waals surface area contributed by atoms with Gasteiger partial charge in [0.2, 0.25) is 0 Å². The molecule has 0 bridgehead atoms. The monoisotopic (exact) mass is 245 g/mol. The number of alkyl halides is 3. The number of aromatic hydroxyl groups is 1. The minimum absolute atomic E-state index is 0.115. The highest BCUT2D eigenvalue weighted by Gasteiger charge is 2.27. The van der Waals surface area contributed by atoms with Crippen LogP contribution in [0.3, 0.4) is 0 Å². The van der Waals surface area contributed by atoms with E-state index >= 15 is 0 Å². The molecule has 1 aromatic rings. The summed E-state index contributed by atoms with van der Waals surface area (Å²) >= 11 is 0. The summed E-state index contributed by atoms with van der Waals surface area (Å²) in [6.07, 6.45) is -3.91. The van der Waals surface area contributed by atoms with Gasteiger partial charge in [-0.3, -0.25) is 0 Å². The van der Waals surface area contributed by atoms with Crippen molar-refractivity contribution >= 4 is 5.69 Å². The van der Waals surface area contributed by atoms with Crippen molar-refractivity contribution in [1.29, 1.82) is 0 Å². The lowest BCUT2D eigenvalue weighted by atomic mass is 10.1. The molecule has 0 aromatic heterocycles. The smallest absolute Gasteiger partial charge is 0.389 e. The minimum Gasteiger partial charge on any atom is -0.508 e. The van der Waals surface area contributed by atoms with E-state index in [1.54, 1.807) is 18.2 Å². The summed E-state index contributed by atoms with van der Waals surface area (Å²) in [5.74, 6) is 0.209. The number of benzene rings is 1. The van der Waals surface area contributed by atoms with Gasteiger partial charge in [-0.2, -0.15) is 13.2 Å².